The number of aromatic nitrogens is 2. The van der Waals surface area contributed by atoms with E-state index in [0.717, 1.165) is 40.5 Å². The van der Waals surface area contributed by atoms with Crippen molar-refractivity contribution in [2.45, 2.75) is 18.4 Å². The molecule has 0 fully saturated rings. The van der Waals surface area contributed by atoms with Gasteiger partial charge in [-0.1, -0.05) is 23.7 Å². The van der Waals surface area contributed by atoms with E-state index < -0.39 is 21.7 Å². The van der Waals surface area contributed by atoms with Gasteiger partial charge in [-0.05, 0) is 36.8 Å². The summed E-state index contributed by atoms with van der Waals surface area (Å²) in [7, 11) is -2.80. The number of hydrogen-bond donors (Lipinski definition) is 0. The smallest absolute Gasteiger partial charge is 0.267 e. The van der Waals surface area contributed by atoms with Gasteiger partial charge in [0.15, 0.2) is 5.82 Å². The molecule has 0 aliphatic rings. The third-order valence-electron chi connectivity index (χ3n) is 4.07. The van der Waals surface area contributed by atoms with Gasteiger partial charge in [0.05, 0.1) is 36.0 Å². The summed E-state index contributed by atoms with van der Waals surface area (Å²) in [6.07, 6.45) is 1.71. The number of methoxy groups -OCH3 is 1. The first-order valence-corrected chi connectivity index (χ1v) is 10.1. The molecule has 1 aromatic heterocycles. The first-order valence-electron chi connectivity index (χ1n) is 8.31. The van der Waals surface area contributed by atoms with Crippen molar-refractivity contribution in [3.05, 3.63) is 76.6 Å². The van der Waals surface area contributed by atoms with Gasteiger partial charge >= 0.3 is 0 Å². The molecule has 10 heteroatoms. The molecule has 0 unspecified atom stereocenters. The Kier molecular flexibility index (Phi) is 5.99. The fourth-order valence-electron chi connectivity index (χ4n) is 2.60. The summed E-state index contributed by atoms with van der Waals surface area (Å²) < 4.78 is 59.6. The standard InChI is InChI=1S/C19H16ClF2N3O3S/c1-12-3-4-13(18(7-12)28-2)11-25(19-23-9-14(21)10-24-19)29(26,27)15-5-6-17(22)16(20)8-15/h3-10H,11H2,1-2H3. The van der Waals surface area contributed by atoms with Gasteiger partial charge in [0.25, 0.3) is 10.0 Å². The van der Waals surface area contributed by atoms with Gasteiger partial charge in [0, 0.05) is 5.56 Å². The molecule has 0 aliphatic heterocycles. The highest BCUT2D eigenvalue weighted by Crippen LogP contribution is 2.29. The fourth-order valence-corrected chi connectivity index (χ4v) is 4.22. The average molecular weight is 440 g/mol. The lowest BCUT2D eigenvalue weighted by atomic mass is 10.1. The molecule has 0 saturated carbocycles. The Hall–Kier alpha value is -2.78. The minimum absolute atomic E-state index is 0.202. The Bertz CT molecular complexity index is 1140. The molecule has 29 heavy (non-hydrogen) atoms. The number of ether oxygens (including phenoxy) is 1. The number of hydrogen-bond acceptors (Lipinski definition) is 5. The number of aryl methyl sites for hydroxylation is 1. The second-order valence-electron chi connectivity index (χ2n) is 6.10. The average Bonchev–Trinajstić information content (AvgIpc) is 2.69. The minimum atomic E-state index is -4.26. The highest BCUT2D eigenvalue weighted by molar-refractivity contribution is 7.92. The minimum Gasteiger partial charge on any atom is -0.496 e. The van der Waals surface area contributed by atoms with Gasteiger partial charge in [-0.2, -0.15) is 0 Å². The van der Waals surface area contributed by atoms with Crippen molar-refractivity contribution in [2.24, 2.45) is 0 Å². The summed E-state index contributed by atoms with van der Waals surface area (Å²) in [6.45, 7) is 1.66. The van der Waals surface area contributed by atoms with Crippen LogP contribution in [-0.2, 0) is 16.6 Å². The zero-order chi connectivity index (χ0) is 21.2. The number of nitrogens with zero attached hydrogens (tertiary/aromatic N) is 3. The van der Waals surface area contributed by atoms with Crippen LogP contribution in [0.25, 0.3) is 0 Å². The first kappa shape index (κ1) is 20.9. The monoisotopic (exact) mass is 439 g/mol. The van der Waals surface area contributed by atoms with Crippen LogP contribution in [0, 0.1) is 18.6 Å². The summed E-state index contributed by atoms with van der Waals surface area (Å²) in [5.74, 6) is -1.27. The maximum Gasteiger partial charge on any atom is 0.267 e. The quantitative estimate of drug-likeness (QED) is 0.577. The van der Waals surface area contributed by atoms with Crippen LogP contribution in [0.5, 0.6) is 5.75 Å². The van der Waals surface area contributed by atoms with Crippen molar-refractivity contribution in [3.8, 4) is 5.75 Å². The lowest BCUT2D eigenvalue weighted by molar-refractivity contribution is 0.409. The van der Waals surface area contributed by atoms with Gasteiger partial charge in [0.2, 0.25) is 5.95 Å². The largest absolute Gasteiger partial charge is 0.496 e. The molecule has 3 aromatic rings. The SMILES string of the molecule is COc1cc(C)ccc1CN(c1ncc(F)cn1)S(=O)(=O)c1ccc(F)c(Cl)c1. The molecule has 3 rings (SSSR count). The van der Waals surface area contributed by atoms with Gasteiger partial charge in [-0.3, -0.25) is 0 Å². The summed E-state index contributed by atoms with van der Waals surface area (Å²) in [5, 5.41) is -0.348. The Morgan fingerprint density at radius 3 is 2.41 bits per heavy atom. The third-order valence-corrected chi connectivity index (χ3v) is 6.08. The molecule has 2 aromatic carbocycles. The molecule has 0 bridgehead atoms. The zero-order valence-corrected chi connectivity index (χ0v) is 17.0. The van der Waals surface area contributed by atoms with E-state index in [9.17, 15) is 17.2 Å². The normalized spacial score (nSPS) is 11.3. The van der Waals surface area contributed by atoms with Crippen molar-refractivity contribution in [1.82, 2.24) is 9.97 Å². The summed E-state index contributed by atoms with van der Waals surface area (Å²) in [5.41, 5.74) is 1.45. The maximum absolute atomic E-state index is 13.5. The van der Waals surface area contributed by atoms with Gasteiger partial charge in [-0.15, -0.1) is 0 Å². The van der Waals surface area contributed by atoms with Crippen LogP contribution >= 0.6 is 11.6 Å². The van der Waals surface area contributed by atoms with E-state index >= 15 is 0 Å². The fraction of sp³-hybridized carbons (Fsp3) is 0.158. The van der Waals surface area contributed by atoms with E-state index in [1.807, 2.05) is 6.92 Å². The lowest BCUT2D eigenvalue weighted by Crippen LogP contribution is -2.32. The Morgan fingerprint density at radius 1 is 1.10 bits per heavy atom. The van der Waals surface area contributed by atoms with E-state index in [4.69, 9.17) is 16.3 Å². The predicted molar refractivity (Wildman–Crippen MR) is 104 cm³/mol. The summed E-state index contributed by atoms with van der Waals surface area (Å²) in [6, 6.07) is 8.28. The molecule has 6 nitrogen and oxygen atoms in total. The van der Waals surface area contributed by atoms with Crippen molar-refractivity contribution < 1.29 is 21.9 Å². The van der Waals surface area contributed by atoms with Crippen LogP contribution < -0.4 is 9.04 Å². The molecule has 0 atom stereocenters. The summed E-state index contributed by atoms with van der Waals surface area (Å²) >= 11 is 5.76. The van der Waals surface area contributed by atoms with E-state index in [0.29, 0.717) is 11.3 Å². The highest BCUT2D eigenvalue weighted by atomic mass is 35.5. The molecular weight excluding hydrogens is 424 g/mol. The van der Waals surface area contributed by atoms with E-state index in [2.05, 4.69) is 9.97 Å². The summed E-state index contributed by atoms with van der Waals surface area (Å²) in [4.78, 5) is 7.32. The van der Waals surface area contributed by atoms with Crippen molar-refractivity contribution in [1.29, 1.82) is 0 Å². The van der Waals surface area contributed by atoms with E-state index in [1.54, 1.807) is 18.2 Å². The van der Waals surface area contributed by atoms with Crippen LogP contribution in [0.2, 0.25) is 5.02 Å². The Morgan fingerprint density at radius 2 is 1.79 bits per heavy atom. The van der Waals surface area contributed by atoms with Crippen LogP contribution in [0.15, 0.2) is 53.7 Å². The molecule has 0 saturated heterocycles. The predicted octanol–water partition coefficient (Wildman–Crippen LogP) is 4.12. The second kappa shape index (κ2) is 8.30. The second-order valence-corrected chi connectivity index (χ2v) is 8.37. The molecule has 0 aliphatic carbocycles. The van der Waals surface area contributed by atoms with Gasteiger partial charge in [0.1, 0.15) is 11.6 Å². The topological polar surface area (TPSA) is 72.4 Å². The van der Waals surface area contributed by atoms with Crippen LogP contribution in [-0.4, -0.2) is 25.5 Å². The highest BCUT2D eigenvalue weighted by Gasteiger charge is 2.29. The Balaban J connectivity index is 2.13. The molecular formula is C19H16ClF2N3O3S. The molecule has 0 N–H and O–H groups in total. The lowest BCUT2D eigenvalue weighted by Gasteiger charge is -2.23. The molecule has 152 valence electrons. The van der Waals surface area contributed by atoms with E-state index in [-0.39, 0.29) is 22.4 Å². The number of sulfonamides is 1. The number of anilines is 1. The van der Waals surface area contributed by atoms with E-state index in [1.165, 1.54) is 7.11 Å². The van der Waals surface area contributed by atoms with Crippen molar-refractivity contribution in [2.75, 3.05) is 11.4 Å². The number of halogens is 3. The number of rotatable bonds is 6. The Labute approximate surface area is 171 Å². The van der Waals surface area contributed by atoms with Crippen LogP contribution in [0.1, 0.15) is 11.1 Å². The molecule has 0 amide bonds. The van der Waals surface area contributed by atoms with Crippen LogP contribution in [0.3, 0.4) is 0 Å². The molecule has 0 radical (unpaired) electrons. The van der Waals surface area contributed by atoms with Crippen LogP contribution in [0.4, 0.5) is 14.7 Å². The zero-order valence-electron chi connectivity index (χ0n) is 15.4. The first-order chi connectivity index (χ1) is 13.7. The van der Waals surface area contributed by atoms with Gasteiger partial charge < -0.3 is 4.74 Å². The molecule has 0 spiro atoms. The molecule has 1 heterocycles. The maximum atomic E-state index is 13.5. The van der Waals surface area contributed by atoms with Crippen molar-refractivity contribution in [3.63, 3.8) is 0 Å². The van der Waals surface area contributed by atoms with Crippen molar-refractivity contribution >= 4 is 27.6 Å². The van der Waals surface area contributed by atoms with Gasteiger partial charge in [-0.25, -0.2) is 31.5 Å². The number of benzene rings is 2. The third kappa shape index (κ3) is 4.46.